The smallest absolute Gasteiger partial charge is 0.303 e. The van der Waals surface area contributed by atoms with Gasteiger partial charge in [0.25, 0.3) is 0 Å². The number of aromatic nitrogens is 2. The van der Waals surface area contributed by atoms with Crippen molar-refractivity contribution < 1.29 is 24.9 Å². The summed E-state index contributed by atoms with van der Waals surface area (Å²) in [5, 5.41) is 30.5. The topological polar surface area (TPSA) is 165 Å². The number of pyridine rings is 2. The van der Waals surface area contributed by atoms with Crippen molar-refractivity contribution in [3.63, 3.8) is 0 Å². The summed E-state index contributed by atoms with van der Waals surface area (Å²) < 4.78 is 0. The van der Waals surface area contributed by atoms with E-state index in [1.807, 2.05) is 76.9 Å². The molecule has 4 aromatic rings. The van der Waals surface area contributed by atoms with Gasteiger partial charge in [0.05, 0.1) is 6.42 Å². The van der Waals surface area contributed by atoms with Crippen LogP contribution in [0.2, 0.25) is 0 Å². The van der Waals surface area contributed by atoms with Gasteiger partial charge < -0.3 is 36.2 Å². The third-order valence-electron chi connectivity index (χ3n) is 9.76. The Hall–Kier alpha value is -4.84. The molecule has 11 nitrogen and oxygen atoms in total. The first-order valence-electron chi connectivity index (χ1n) is 19.9. The molecule has 2 heterocycles. The minimum atomic E-state index is -0.746. The highest BCUT2D eigenvalue weighted by Crippen LogP contribution is 2.27. The van der Waals surface area contributed by atoms with Gasteiger partial charge in [-0.2, -0.15) is 0 Å². The fourth-order valence-electron chi connectivity index (χ4n) is 6.51. The van der Waals surface area contributed by atoms with Crippen molar-refractivity contribution in [2.24, 2.45) is 17.6 Å². The zero-order chi connectivity index (χ0) is 42.3. The first kappa shape index (κ1) is 48.3. The summed E-state index contributed by atoms with van der Waals surface area (Å²) in [7, 11) is 8.10. The number of carboxylic acids is 1. The number of likely N-dealkylation sites (N-methyl/N-ethyl adjacent to an activating group) is 2. The van der Waals surface area contributed by atoms with E-state index in [1.54, 1.807) is 42.9 Å². The van der Waals surface area contributed by atoms with E-state index in [1.165, 1.54) is 5.56 Å². The Morgan fingerprint density at radius 3 is 1.44 bits per heavy atom. The third kappa shape index (κ3) is 20.2. The summed E-state index contributed by atoms with van der Waals surface area (Å²) in [6, 6.07) is 22.9. The number of phenols is 2. The number of carbonyl (C=O) groups excluding carboxylic acids is 1. The second kappa shape index (κ2) is 26.1. The molecular formula is C46H68N6O5. The number of nitrogens with zero attached hydrogens (tertiary/aromatic N) is 4. The van der Waals surface area contributed by atoms with Crippen LogP contribution in [0.4, 0.5) is 0 Å². The molecule has 0 aliphatic carbocycles. The van der Waals surface area contributed by atoms with Gasteiger partial charge in [-0.1, -0.05) is 64.1 Å². The Balaban J connectivity index is 0.000000325. The van der Waals surface area contributed by atoms with Crippen molar-refractivity contribution >= 4 is 11.9 Å². The normalized spacial score (nSPS) is 13.2. The molecule has 0 saturated carbocycles. The number of hydrogen-bond acceptors (Lipinski definition) is 9. The maximum Gasteiger partial charge on any atom is 0.303 e. The number of nitrogens with two attached hydrogens (primary N) is 1. The lowest BCUT2D eigenvalue weighted by Gasteiger charge is -2.25. The van der Waals surface area contributed by atoms with E-state index in [-0.39, 0.29) is 36.0 Å². The van der Waals surface area contributed by atoms with E-state index >= 15 is 0 Å². The van der Waals surface area contributed by atoms with E-state index < -0.39 is 5.97 Å². The first-order valence-corrected chi connectivity index (χ1v) is 19.9. The summed E-state index contributed by atoms with van der Waals surface area (Å²) in [6.45, 7) is 9.81. The predicted octanol–water partition coefficient (Wildman–Crippen LogP) is 7.11. The molecule has 2 aromatic heterocycles. The van der Waals surface area contributed by atoms with Gasteiger partial charge in [0.2, 0.25) is 5.91 Å². The summed E-state index contributed by atoms with van der Waals surface area (Å²) in [5.74, 6) is 1.18. The van der Waals surface area contributed by atoms with Crippen LogP contribution in [0, 0.1) is 11.8 Å². The molecule has 1 amide bonds. The van der Waals surface area contributed by atoms with Crippen LogP contribution < -0.4 is 11.1 Å². The first-order chi connectivity index (χ1) is 27.1. The molecule has 0 spiro atoms. The highest BCUT2D eigenvalue weighted by molar-refractivity contribution is 5.77. The summed E-state index contributed by atoms with van der Waals surface area (Å²) in [6.07, 6.45) is 11.3. The quantitative estimate of drug-likeness (QED) is 0.0662. The number of nitrogens with one attached hydrogen (secondary N) is 1. The van der Waals surface area contributed by atoms with Crippen LogP contribution in [0.25, 0.3) is 0 Å². The van der Waals surface area contributed by atoms with Crippen LogP contribution in [0.5, 0.6) is 11.5 Å². The lowest BCUT2D eigenvalue weighted by Crippen LogP contribution is -2.41. The van der Waals surface area contributed by atoms with Crippen LogP contribution in [-0.2, 0) is 22.4 Å². The Morgan fingerprint density at radius 1 is 0.667 bits per heavy atom. The minimum absolute atomic E-state index is 0.0760. The molecule has 2 aromatic carbocycles. The largest absolute Gasteiger partial charge is 0.508 e. The average Bonchev–Trinajstić information content (AvgIpc) is 3.17. The number of aliphatic carboxylic acids is 1. The van der Waals surface area contributed by atoms with Gasteiger partial charge >= 0.3 is 5.97 Å². The molecule has 0 radical (unpaired) electrons. The van der Waals surface area contributed by atoms with Gasteiger partial charge in [-0.15, -0.1) is 0 Å². The fourth-order valence-corrected chi connectivity index (χ4v) is 6.51. The Morgan fingerprint density at radius 2 is 1.09 bits per heavy atom. The molecule has 0 aliphatic rings. The number of aromatic hydroxyl groups is 2. The number of phenolic OH excluding ortho intramolecular Hbond substituents is 2. The lowest BCUT2D eigenvalue weighted by molar-refractivity contribution is -0.137. The summed E-state index contributed by atoms with van der Waals surface area (Å²) in [5.41, 5.74) is 10.1. The van der Waals surface area contributed by atoms with Crippen LogP contribution in [0.15, 0.2) is 97.6 Å². The van der Waals surface area contributed by atoms with Gasteiger partial charge in [0.15, 0.2) is 0 Å². The Bertz CT molecular complexity index is 1670. The van der Waals surface area contributed by atoms with Gasteiger partial charge in [-0.05, 0) is 136 Å². The van der Waals surface area contributed by atoms with Crippen molar-refractivity contribution in [3.05, 3.63) is 120 Å². The SMILES string of the molecule is CC(C)C[C@H](CC(=O)NC[C@H](Cc1ccc(O)cc1)N(C)C)c1cccnc1.CC(C)C[C@H](CC(=O)O)c1cccnc1.CN(C)[C@H](CN)Cc1ccc(O)cc1. The molecule has 0 unspecified atom stereocenters. The zero-order valence-electron chi connectivity index (χ0n) is 35.4. The molecule has 312 valence electrons. The van der Waals surface area contributed by atoms with Crippen molar-refractivity contribution in [2.75, 3.05) is 41.3 Å². The van der Waals surface area contributed by atoms with Crippen LogP contribution in [-0.4, -0.2) is 100 Å². The van der Waals surface area contributed by atoms with Crippen molar-refractivity contribution in [1.29, 1.82) is 0 Å². The summed E-state index contributed by atoms with van der Waals surface area (Å²) >= 11 is 0. The Kier molecular flexibility index (Phi) is 22.2. The van der Waals surface area contributed by atoms with E-state index in [9.17, 15) is 14.7 Å². The highest BCUT2D eigenvalue weighted by Gasteiger charge is 2.20. The number of hydrogen-bond donors (Lipinski definition) is 5. The molecule has 11 heteroatoms. The maximum atomic E-state index is 12.6. The highest BCUT2D eigenvalue weighted by atomic mass is 16.4. The van der Waals surface area contributed by atoms with E-state index in [0.29, 0.717) is 43.1 Å². The van der Waals surface area contributed by atoms with Gasteiger partial charge in [0, 0.05) is 56.4 Å². The minimum Gasteiger partial charge on any atom is -0.508 e. The average molecular weight is 785 g/mol. The Labute approximate surface area is 341 Å². The van der Waals surface area contributed by atoms with Crippen LogP contribution in [0.3, 0.4) is 0 Å². The second-order valence-electron chi connectivity index (χ2n) is 16.0. The number of amides is 1. The molecular weight excluding hydrogens is 717 g/mol. The van der Waals surface area contributed by atoms with Crippen LogP contribution >= 0.6 is 0 Å². The van der Waals surface area contributed by atoms with Gasteiger partial charge in [-0.3, -0.25) is 19.6 Å². The number of carboxylic acid groups (broad SMARTS) is 1. The predicted molar refractivity (Wildman–Crippen MR) is 230 cm³/mol. The molecule has 0 bridgehead atoms. The standard InChI is InChI=1S/C23H33N3O2.C12H17NO2.C11H18N2O/c1-17(2)12-20(19-6-5-11-24-15-19)14-23(28)25-16-21(26(3)4)13-18-7-9-22(27)10-8-18;1-9(2)6-11(7-12(14)15)10-4-3-5-13-8-10;1-13(2)10(8-12)7-9-3-5-11(14)6-4-9/h5-11,15,17,20-21,27H,12-14,16H2,1-4H3,(H,25,28);3-5,8-9,11H,6-7H2,1-2H3,(H,14,15);3-6,10,14H,7-8,12H2,1-2H3/t20-,21+;11-;10-/m110/s1. The van der Waals surface area contributed by atoms with Crippen molar-refractivity contribution in [3.8, 4) is 11.5 Å². The van der Waals surface area contributed by atoms with Crippen LogP contribution in [0.1, 0.15) is 87.5 Å². The molecule has 0 fully saturated rings. The van der Waals surface area contributed by atoms with Gasteiger partial charge in [-0.25, -0.2) is 0 Å². The molecule has 0 aliphatic heterocycles. The number of benzene rings is 2. The molecule has 6 N–H and O–H groups in total. The summed E-state index contributed by atoms with van der Waals surface area (Å²) in [4.78, 5) is 35.9. The van der Waals surface area contributed by atoms with E-state index in [0.717, 1.165) is 42.4 Å². The van der Waals surface area contributed by atoms with Crippen molar-refractivity contribution in [2.45, 2.75) is 90.1 Å². The second-order valence-corrected chi connectivity index (χ2v) is 16.0. The number of carbonyl (C=O) groups is 2. The molecule has 4 atom stereocenters. The van der Waals surface area contributed by atoms with Crippen molar-refractivity contribution in [1.82, 2.24) is 25.1 Å². The number of rotatable bonds is 19. The third-order valence-corrected chi connectivity index (χ3v) is 9.76. The fraction of sp³-hybridized carbons (Fsp3) is 0.478. The molecule has 4 rings (SSSR count). The zero-order valence-corrected chi connectivity index (χ0v) is 35.4. The maximum absolute atomic E-state index is 12.6. The molecule has 57 heavy (non-hydrogen) atoms. The van der Waals surface area contributed by atoms with E-state index in [4.69, 9.17) is 15.9 Å². The lowest BCUT2D eigenvalue weighted by atomic mass is 9.88. The van der Waals surface area contributed by atoms with Gasteiger partial charge in [0.1, 0.15) is 11.5 Å². The van der Waals surface area contributed by atoms with E-state index in [2.05, 4.69) is 58.8 Å². The molecule has 0 saturated heterocycles. The monoisotopic (exact) mass is 785 g/mol.